The van der Waals surface area contributed by atoms with Gasteiger partial charge >= 0.3 is 0 Å². The van der Waals surface area contributed by atoms with Gasteiger partial charge in [-0.05, 0) is 32.9 Å². The Labute approximate surface area is 99.0 Å². The normalized spacial score (nSPS) is 11.3. The van der Waals surface area contributed by atoms with Gasteiger partial charge in [-0.2, -0.15) is 0 Å². The highest BCUT2D eigenvalue weighted by Crippen LogP contribution is 2.26. The van der Waals surface area contributed by atoms with Gasteiger partial charge in [-0.3, -0.25) is 4.79 Å². The van der Waals surface area contributed by atoms with Crippen LogP contribution in [-0.2, 0) is 0 Å². The van der Waals surface area contributed by atoms with Gasteiger partial charge in [-0.25, -0.2) is 4.98 Å². The van der Waals surface area contributed by atoms with E-state index in [2.05, 4.69) is 23.4 Å². The maximum Gasteiger partial charge on any atom is 0.151 e. The number of rotatable bonds is 2. The lowest BCUT2D eigenvalue weighted by molar-refractivity contribution is 0.112. The molecule has 0 N–H and O–H groups in total. The molecule has 0 saturated heterocycles. The molecule has 0 amide bonds. The fraction of sp³-hybridized carbons (Fsp3) is 0.333. The van der Waals surface area contributed by atoms with E-state index in [1.807, 2.05) is 6.92 Å². The summed E-state index contributed by atoms with van der Waals surface area (Å²) in [5.74, 6) is 0.934. The van der Waals surface area contributed by atoms with Gasteiger partial charge in [0.15, 0.2) is 6.29 Å². The fourth-order valence-electron chi connectivity index (χ4n) is 1.99. The minimum atomic E-state index is 0.322. The van der Waals surface area contributed by atoms with Crippen LogP contribution in [0.3, 0.4) is 0 Å². The predicted molar refractivity (Wildman–Crippen MR) is 65.3 cm³/mol. The highest BCUT2D eigenvalue weighted by Gasteiger charge is 2.12. The van der Waals surface area contributed by atoms with E-state index in [1.165, 1.54) is 0 Å². The molecule has 84 valence electrons. The molecule has 0 aliphatic rings. The van der Waals surface area contributed by atoms with E-state index in [-0.39, 0.29) is 0 Å². The Balaban J connectivity index is 2.80. The molecule has 1 heterocycles. The Bertz CT molecular complexity index is 558. The second kappa shape index (κ2) is 3.91. The topological polar surface area (TPSA) is 34.9 Å². The average Bonchev–Trinajstić information content (AvgIpc) is 2.51. The summed E-state index contributed by atoms with van der Waals surface area (Å²) < 4.78 is 2.11. The molecule has 0 aliphatic heterocycles. The Morgan fingerprint density at radius 1 is 1.44 bits per heavy atom. The Morgan fingerprint density at radius 3 is 2.69 bits per heavy atom. The number of nitrogens with zero attached hydrogens (tertiary/aromatic N) is 2. The molecule has 0 saturated carbocycles. The zero-order valence-corrected chi connectivity index (χ0v) is 10.2. The van der Waals surface area contributed by atoms with Crippen LogP contribution in [0.25, 0.3) is 11.0 Å². The van der Waals surface area contributed by atoms with E-state index in [0.29, 0.717) is 16.6 Å². The quantitative estimate of drug-likeness (QED) is 0.750. The van der Waals surface area contributed by atoms with E-state index in [0.717, 1.165) is 23.1 Å². The standard InChI is InChI=1S/C12H13ClN2O/c1-7(2)15-8(3)14-11-4-9(6-16)10(13)5-12(11)15/h4-7H,1-3H3. The summed E-state index contributed by atoms with van der Waals surface area (Å²) in [5, 5.41) is 0.476. The summed E-state index contributed by atoms with van der Waals surface area (Å²) in [6, 6.07) is 3.86. The van der Waals surface area contributed by atoms with Gasteiger partial charge < -0.3 is 4.57 Å². The van der Waals surface area contributed by atoms with Gasteiger partial charge in [-0.15, -0.1) is 0 Å². The highest BCUT2D eigenvalue weighted by molar-refractivity contribution is 6.33. The molecule has 4 heteroatoms. The monoisotopic (exact) mass is 236 g/mol. The smallest absolute Gasteiger partial charge is 0.151 e. The summed E-state index contributed by atoms with van der Waals surface area (Å²) in [5.41, 5.74) is 2.28. The molecule has 0 aliphatic carbocycles. The summed E-state index contributed by atoms with van der Waals surface area (Å²) in [7, 11) is 0. The van der Waals surface area contributed by atoms with Crippen LogP contribution in [0.2, 0.25) is 5.02 Å². The molecule has 0 spiro atoms. The molecule has 1 aromatic heterocycles. The van der Waals surface area contributed by atoms with Crippen molar-refractivity contribution in [3.8, 4) is 0 Å². The van der Waals surface area contributed by atoms with Crippen LogP contribution in [0, 0.1) is 6.92 Å². The SMILES string of the molecule is Cc1nc2cc(C=O)c(Cl)cc2n1C(C)C. The summed E-state index contributed by atoms with van der Waals surface area (Å²) in [6.45, 7) is 6.14. The average molecular weight is 237 g/mol. The second-order valence-electron chi connectivity index (χ2n) is 4.10. The third-order valence-corrected chi connectivity index (χ3v) is 2.95. The molecule has 0 radical (unpaired) electrons. The van der Waals surface area contributed by atoms with Crippen LogP contribution in [0.1, 0.15) is 36.1 Å². The highest BCUT2D eigenvalue weighted by atomic mass is 35.5. The summed E-state index contributed by atoms with van der Waals surface area (Å²) in [6.07, 6.45) is 0.755. The van der Waals surface area contributed by atoms with Gasteiger partial charge in [0.25, 0.3) is 0 Å². The fourth-order valence-corrected chi connectivity index (χ4v) is 2.20. The largest absolute Gasteiger partial charge is 0.326 e. The zero-order chi connectivity index (χ0) is 11.9. The number of benzene rings is 1. The van der Waals surface area contributed by atoms with Gasteiger partial charge in [0.05, 0.1) is 16.1 Å². The number of fused-ring (bicyclic) bond motifs is 1. The van der Waals surface area contributed by atoms with Gasteiger partial charge in [0, 0.05) is 11.6 Å². The number of aryl methyl sites for hydroxylation is 1. The number of halogens is 1. The number of aromatic nitrogens is 2. The number of hydrogen-bond acceptors (Lipinski definition) is 2. The molecule has 2 rings (SSSR count). The number of carbonyl (C=O) groups is 1. The third kappa shape index (κ3) is 1.61. The van der Waals surface area contributed by atoms with Crippen molar-refractivity contribution in [3.63, 3.8) is 0 Å². The van der Waals surface area contributed by atoms with Crippen molar-refractivity contribution in [2.45, 2.75) is 26.8 Å². The van der Waals surface area contributed by atoms with Crippen molar-refractivity contribution in [1.29, 1.82) is 0 Å². The van der Waals surface area contributed by atoms with E-state index in [9.17, 15) is 4.79 Å². The molecule has 0 unspecified atom stereocenters. The van der Waals surface area contributed by atoms with Crippen LogP contribution < -0.4 is 0 Å². The number of imidazole rings is 1. The van der Waals surface area contributed by atoms with Crippen LogP contribution >= 0.6 is 11.6 Å². The first-order chi connectivity index (χ1) is 7.54. The minimum absolute atomic E-state index is 0.322. The van der Waals surface area contributed by atoms with Crippen molar-refractivity contribution < 1.29 is 4.79 Å². The van der Waals surface area contributed by atoms with Crippen molar-refractivity contribution in [2.75, 3.05) is 0 Å². The Kier molecular flexibility index (Phi) is 2.72. The van der Waals surface area contributed by atoms with E-state index in [1.54, 1.807) is 12.1 Å². The minimum Gasteiger partial charge on any atom is -0.326 e. The number of hydrogen-bond donors (Lipinski definition) is 0. The maximum absolute atomic E-state index is 10.8. The molecule has 0 bridgehead atoms. The predicted octanol–water partition coefficient (Wildman–Crippen LogP) is 3.39. The van der Waals surface area contributed by atoms with Crippen LogP contribution in [0.15, 0.2) is 12.1 Å². The Morgan fingerprint density at radius 2 is 2.12 bits per heavy atom. The van der Waals surface area contributed by atoms with Gasteiger partial charge in [0.1, 0.15) is 5.82 Å². The summed E-state index contributed by atoms with van der Waals surface area (Å²) in [4.78, 5) is 15.2. The van der Waals surface area contributed by atoms with E-state index in [4.69, 9.17) is 11.6 Å². The maximum atomic E-state index is 10.8. The van der Waals surface area contributed by atoms with Crippen LogP contribution in [-0.4, -0.2) is 15.8 Å². The molecule has 0 fully saturated rings. The lowest BCUT2D eigenvalue weighted by Gasteiger charge is -2.10. The first kappa shape index (κ1) is 11.1. The molecule has 0 atom stereocenters. The summed E-state index contributed by atoms with van der Waals surface area (Å²) >= 11 is 6.02. The van der Waals surface area contributed by atoms with Crippen LogP contribution in [0.5, 0.6) is 0 Å². The number of aldehydes is 1. The third-order valence-electron chi connectivity index (χ3n) is 2.63. The molecule has 16 heavy (non-hydrogen) atoms. The lowest BCUT2D eigenvalue weighted by atomic mass is 10.2. The first-order valence-corrected chi connectivity index (χ1v) is 5.55. The molecular formula is C12H13ClN2O. The second-order valence-corrected chi connectivity index (χ2v) is 4.51. The lowest BCUT2D eigenvalue weighted by Crippen LogP contribution is -2.02. The Hall–Kier alpha value is -1.35. The van der Waals surface area contributed by atoms with Gasteiger partial charge in [-0.1, -0.05) is 11.6 Å². The van der Waals surface area contributed by atoms with Gasteiger partial charge in [0.2, 0.25) is 0 Å². The van der Waals surface area contributed by atoms with E-state index >= 15 is 0 Å². The molecule has 1 aromatic carbocycles. The molecule has 2 aromatic rings. The molecule has 3 nitrogen and oxygen atoms in total. The van der Waals surface area contributed by atoms with Crippen molar-refractivity contribution >= 4 is 28.9 Å². The molecular weight excluding hydrogens is 224 g/mol. The number of carbonyl (C=O) groups excluding carboxylic acids is 1. The first-order valence-electron chi connectivity index (χ1n) is 5.18. The van der Waals surface area contributed by atoms with E-state index < -0.39 is 0 Å². The van der Waals surface area contributed by atoms with Crippen molar-refractivity contribution in [2.24, 2.45) is 0 Å². The van der Waals surface area contributed by atoms with Crippen molar-refractivity contribution in [3.05, 3.63) is 28.5 Å². The zero-order valence-electron chi connectivity index (χ0n) is 9.49. The van der Waals surface area contributed by atoms with Crippen LogP contribution in [0.4, 0.5) is 0 Å². The van der Waals surface area contributed by atoms with Crippen molar-refractivity contribution in [1.82, 2.24) is 9.55 Å².